The number of piperidine rings is 1. The number of carbonyl (C=O) groups is 2. The minimum atomic E-state index is -0.742. The largest absolute Gasteiger partial charge is 0.481 e. The summed E-state index contributed by atoms with van der Waals surface area (Å²) in [4.78, 5) is 24.6. The second-order valence-corrected chi connectivity index (χ2v) is 4.90. The molecule has 1 N–H and O–H groups in total. The molecule has 0 spiro atoms. The first-order valence-electron chi connectivity index (χ1n) is 6.16. The van der Waals surface area contributed by atoms with Crippen molar-refractivity contribution in [2.45, 2.75) is 57.5 Å². The zero-order chi connectivity index (χ0) is 11.7. The quantitative estimate of drug-likeness (QED) is 0.791. The number of nitrogens with zero attached hydrogens (tertiary/aromatic N) is 1. The molecule has 4 heteroatoms. The Balaban J connectivity index is 2.09. The van der Waals surface area contributed by atoms with Crippen LogP contribution in [0.25, 0.3) is 0 Å². The lowest BCUT2D eigenvalue weighted by Crippen LogP contribution is -2.49. The molecular weight excluding hydrogens is 206 g/mol. The van der Waals surface area contributed by atoms with Gasteiger partial charge in [-0.05, 0) is 31.6 Å². The van der Waals surface area contributed by atoms with Gasteiger partial charge in [0.1, 0.15) is 0 Å². The van der Waals surface area contributed by atoms with Crippen LogP contribution in [-0.2, 0) is 9.59 Å². The van der Waals surface area contributed by atoms with Crippen LogP contribution in [0, 0.1) is 5.92 Å². The molecule has 1 amide bonds. The van der Waals surface area contributed by atoms with E-state index < -0.39 is 5.97 Å². The number of hydrogen-bond acceptors (Lipinski definition) is 2. The fourth-order valence-corrected chi connectivity index (χ4v) is 2.86. The van der Waals surface area contributed by atoms with Gasteiger partial charge in [0, 0.05) is 18.5 Å². The summed E-state index contributed by atoms with van der Waals surface area (Å²) < 4.78 is 0. The highest BCUT2D eigenvalue weighted by molar-refractivity contribution is 5.78. The predicted molar refractivity (Wildman–Crippen MR) is 58.9 cm³/mol. The molecule has 0 bridgehead atoms. The van der Waals surface area contributed by atoms with Gasteiger partial charge in [0.05, 0.1) is 6.42 Å². The van der Waals surface area contributed by atoms with Crippen molar-refractivity contribution in [2.24, 2.45) is 5.92 Å². The second-order valence-electron chi connectivity index (χ2n) is 4.90. The first-order valence-corrected chi connectivity index (χ1v) is 6.16. The van der Waals surface area contributed by atoms with Gasteiger partial charge in [0.2, 0.25) is 5.91 Å². The van der Waals surface area contributed by atoms with Crippen LogP contribution in [0.1, 0.15) is 45.4 Å². The van der Waals surface area contributed by atoms with E-state index in [9.17, 15) is 9.59 Å². The summed E-state index contributed by atoms with van der Waals surface area (Å²) in [7, 11) is 0. The molecule has 0 aromatic carbocycles. The van der Waals surface area contributed by atoms with E-state index >= 15 is 0 Å². The number of carboxylic acids is 1. The molecule has 1 aliphatic heterocycles. The van der Waals surface area contributed by atoms with Crippen LogP contribution in [0.3, 0.4) is 0 Å². The molecule has 0 unspecified atom stereocenters. The van der Waals surface area contributed by atoms with Gasteiger partial charge in [0.25, 0.3) is 0 Å². The minimum Gasteiger partial charge on any atom is -0.481 e. The van der Waals surface area contributed by atoms with Crippen LogP contribution < -0.4 is 0 Å². The first kappa shape index (κ1) is 11.4. The molecule has 0 aromatic rings. The summed E-state index contributed by atoms with van der Waals surface area (Å²) in [5.74, 6) is -0.356. The van der Waals surface area contributed by atoms with E-state index in [4.69, 9.17) is 5.11 Å². The number of likely N-dealkylation sites (tertiary alicyclic amines) is 1. The van der Waals surface area contributed by atoms with Gasteiger partial charge < -0.3 is 10.0 Å². The van der Waals surface area contributed by atoms with Gasteiger partial charge in [-0.3, -0.25) is 9.59 Å². The molecule has 4 nitrogen and oxygen atoms in total. The Morgan fingerprint density at radius 3 is 2.62 bits per heavy atom. The monoisotopic (exact) mass is 225 g/mol. The Kier molecular flexibility index (Phi) is 3.17. The summed E-state index contributed by atoms with van der Waals surface area (Å²) >= 11 is 0. The molecule has 1 aliphatic carbocycles. The normalized spacial score (nSPS) is 30.6. The highest BCUT2D eigenvalue weighted by atomic mass is 16.4. The predicted octanol–water partition coefficient (Wildman–Crippen LogP) is 1.64. The van der Waals surface area contributed by atoms with E-state index in [0.29, 0.717) is 12.5 Å². The van der Waals surface area contributed by atoms with Crippen molar-refractivity contribution in [3.8, 4) is 0 Å². The van der Waals surface area contributed by atoms with Crippen LogP contribution >= 0.6 is 0 Å². The molecule has 90 valence electrons. The zero-order valence-electron chi connectivity index (χ0n) is 9.69. The van der Waals surface area contributed by atoms with E-state index in [1.807, 2.05) is 11.8 Å². The van der Waals surface area contributed by atoms with Crippen molar-refractivity contribution in [3.05, 3.63) is 0 Å². The topological polar surface area (TPSA) is 57.6 Å². The number of aliphatic carboxylic acids is 1. The number of rotatable bonds is 4. The van der Waals surface area contributed by atoms with E-state index in [2.05, 4.69) is 0 Å². The van der Waals surface area contributed by atoms with Crippen molar-refractivity contribution in [3.63, 3.8) is 0 Å². The first-order chi connectivity index (χ1) is 7.63. The van der Waals surface area contributed by atoms with E-state index in [-0.39, 0.29) is 24.3 Å². The van der Waals surface area contributed by atoms with Gasteiger partial charge in [-0.25, -0.2) is 0 Å². The van der Waals surface area contributed by atoms with E-state index in [0.717, 1.165) is 25.7 Å². The number of carboxylic acid groups (broad SMARTS) is 1. The lowest BCUT2D eigenvalue weighted by molar-refractivity contribution is -0.145. The van der Waals surface area contributed by atoms with Gasteiger partial charge in [-0.1, -0.05) is 6.92 Å². The molecular formula is C12H19NO3. The average molecular weight is 225 g/mol. The number of hydrogen-bond donors (Lipinski definition) is 1. The fraction of sp³-hybridized carbons (Fsp3) is 0.833. The molecule has 1 saturated heterocycles. The standard InChI is InChI=1S/C12H19NO3/c1-2-10-8(7-12(15)16)3-6-11(14)13(10)9-4-5-9/h8-10H,2-7H2,1H3,(H,15,16)/t8-,10-/m1/s1. The minimum absolute atomic E-state index is 0.154. The van der Waals surface area contributed by atoms with Gasteiger partial charge in [-0.15, -0.1) is 0 Å². The van der Waals surface area contributed by atoms with Crippen molar-refractivity contribution in [2.75, 3.05) is 0 Å². The van der Waals surface area contributed by atoms with Crippen LogP contribution in [0.15, 0.2) is 0 Å². The second kappa shape index (κ2) is 4.44. The maximum Gasteiger partial charge on any atom is 0.303 e. The van der Waals surface area contributed by atoms with Gasteiger partial charge in [-0.2, -0.15) is 0 Å². The van der Waals surface area contributed by atoms with Crippen molar-refractivity contribution >= 4 is 11.9 Å². The molecule has 2 atom stereocenters. The highest BCUT2D eigenvalue weighted by Gasteiger charge is 2.42. The van der Waals surface area contributed by atoms with Crippen LogP contribution in [0.2, 0.25) is 0 Å². The Hall–Kier alpha value is -1.06. The SMILES string of the molecule is CC[C@@H]1[C@@H](CC(=O)O)CCC(=O)N1C1CC1. The average Bonchev–Trinajstić information content (AvgIpc) is 3.03. The Morgan fingerprint density at radius 2 is 2.12 bits per heavy atom. The zero-order valence-corrected chi connectivity index (χ0v) is 9.69. The highest BCUT2D eigenvalue weighted by Crippen LogP contribution is 2.37. The van der Waals surface area contributed by atoms with Crippen molar-refractivity contribution in [1.29, 1.82) is 0 Å². The molecule has 2 fully saturated rings. The van der Waals surface area contributed by atoms with Crippen molar-refractivity contribution < 1.29 is 14.7 Å². The molecule has 1 saturated carbocycles. The third-order valence-corrected chi connectivity index (χ3v) is 3.71. The van der Waals surface area contributed by atoms with Gasteiger partial charge in [0.15, 0.2) is 0 Å². The van der Waals surface area contributed by atoms with Gasteiger partial charge >= 0.3 is 5.97 Å². The molecule has 0 radical (unpaired) electrons. The molecule has 2 rings (SSSR count). The van der Waals surface area contributed by atoms with Crippen LogP contribution in [0.4, 0.5) is 0 Å². The third-order valence-electron chi connectivity index (χ3n) is 3.71. The third kappa shape index (κ3) is 2.20. The number of carbonyl (C=O) groups excluding carboxylic acids is 1. The summed E-state index contributed by atoms with van der Waals surface area (Å²) in [6, 6.07) is 0.568. The fourth-order valence-electron chi connectivity index (χ4n) is 2.86. The molecule has 16 heavy (non-hydrogen) atoms. The molecule has 2 aliphatic rings. The Morgan fingerprint density at radius 1 is 1.44 bits per heavy atom. The van der Waals surface area contributed by atoms with Crippen LogP contribution in [0.5, 0.6) is 0 Å². The number of amides is 1. The summed E-state index contributed by atoms with van der Waals surface area (Å²) in [6.07, 6.45) is 4.55. The lowest BCUT2D eigenvalue weighted by Gasteiger charge is -2.40. The Labute approximate surface area is 95.6 Å². The van der Waals surface area contributed by atoms with Crippen molar-refractivity contribution in [1.82, 2.24) is 4.90 Å². The summed E-state index contributed by atoms with van der Waals surface area (Å²) in [5, 5.41) is 8.88. The molecule has 0 aromatic heterocycles. The smallest absolute Gasteiger partial charge is 0.303 e. The summed E-state index contributed by atoms with van der Waals surface area (Å²) in [5.41, 5.74) is 0. The van der Waals surface area contributed by atoms with E-state index in [1.165, 1.54) is 0 Å². The lowest BCUT2D eigenvalue weighted by atomic mass is 9.84. The Bertz CT molecular complexity index is 299. The van der Waals surface area contributed by atoms with E-state index in [1.54, 1.807) is 0 Å². The maximum absolute atomic E-state index is 11.9. The van der Waals surface area contributed by atoms with Crippen LogP contribution in [-0.4, -0.2) is 34.0 Å². The maximum atomic E-state index is 11.9. The summed E-state index contributed by atoms with van der Waals surface area (Å²) in [6.45, 7) is 2.05. The molecule has 1 heterocycles.